The molecule has 3 rings (SSSR count). The van der Waals surface area contributed by atoms with Crippen molar-refractivity contribution in [1.29, 1.82) is 0 Å². The van der Waals surface area contributed by atoms with Crippen LogP contribution in [0.2, 0.25) is 0 Å². The first kappa shape index (κ1) is 22.4. The van der Waals surface area contributed by atoms with Crippen molar-refractivity contribution in [3.05, 3.63) is 64.5 Å². The van der Waals surface area contributed by atoms with Gasteiger partial charge in [-0.2, -0.15) is 4.31 Å². The topological polar surface area (TPSA) is 74.9 Å². The lowest BCUT2D eigenvalue weighted by Gasteiger charge is -2.18. The summed E-state index contributed by atoms with van der Waals surface area (Å²) in [5.74, 6) is -0.330. The van der Waals surface area contributed by atoms with E-state index in [4.69, 9.17) is 0 Å². The van der Waals surface area contributed by atoms with Gasteiger partial charge in [-0.25, -0.2) is 17.8 Å². The highest BCUT2D eigenvalue weighted by Gasteiger charge is 2.21. The minimum atomic E-state index is -3.52. The lowest BCUT2D eigenvalue weighted by Crippen LogP contribution is -2.30. The van der Waals surface area contributed by atoms with Crippen LogP contribution in [0.5, 0.6) is 0 Å². The van der Waals surface area contributed by atoms with Crippen molar-refractivity contribution in [2.45, 2.75) is 25.3 Å². The van der Waals surface area contributed by atoms with E-state index >= 15 is 0 Å². The van der Waals surface area contributed by atoms with Gasteiger partial charge >= 0.3 is 0 Å². The number of rotatable bonds is 8. The second-order valence-electron chi connectivity index (χ2n) is 6.48. The fourth-order valence-corrected chi connectivity index (χ4v) is 5.52. The molecule has 9 heteroatoms. The number of aliphatic hydroxyl groups is 1. The lowest BCUT2D eigenvalue weighted by molar-refractivity contribution is 0.275. The minimum absolute atomic E-state index is 0.0746. The van der Waals surface area contributed by atoms with Gasteiger partial charge in [-0.05, 0) is 42.0 Å². The molecule has 6 nitrogen and oxygen atoms in total. The Balaban J connectivity index is 2.00. The molecule has 1 heterocycles. The third-order valence-electron chi connectivity index (χ3n) is 4.67. The molecule has 3 aromatic rings. The molecular formula is C21H24FN3O3S2. The summed E-state index contributed by atoms with van der Waals surface area (Å²) in [6, 6.07) is 12.6. The molecule has 30 heavy (non-hydrogen) atoms. The van der Waals surface area contributed by atoms with Crippen molar-refractivity contribution in [2.24, 2.45) is 4.99 Å². The zero-order valence-corrected chi connectivity index (χ0v) is 18.5. The second-order valence-corrected chi connectivity index (χ2v) is 9.26. The first-order valence-electron chi connectivity index (χ1n) is 9.60. The van der Waals surface area contributed by atoms with Crippen molar-refractivity contribution in [2.75, 3.05) is 19.7 Å². The molecule has 0 aliphatic rings. The van der Waals surface area contributed by atoms with E-state index in [0.717, 1.165) is 11.3 Å². The highest BCUT2D eigenvalue weighted by atomic mass is 32.2. The molecule has 0 unspecified atom stereocenters. The van der Waals surface area contributed by atoms with Crippen LogP contribution in [0, 0.1) is 5.82 Å². The molecule has 0 saturated carbocycles. The maximum Gasteiger partial charge on any atom is 0.243 e. The van der Waals surface area contributed by atoms with Gasteiger partial charge in [0, 0.05) is 25.0 Å². The molecule has 0 aliphatic carbocycles. The van der Waals surface area contributed by atoms with Crippen molar-refractivity contribution in [1.82, 2.24) is 8.87 Å². The van der Waals surface area contributed by atoms with Gasteiger partial charge in [-0.15, -0.1) is 11.3 Å². The van der Waals surface area contributed by atoms with Gasteiger partial charge in [0.1, 0.15) is 5.82 Å². The maximum atomic E-state index is 13.1. The summed E-state index contributed by atoms with van der Waals surface area (Å²) in [4.78, 5) is 5.45. The molecule has 0 radical (unpaired) electrons. The molecule has 0 aliphatic heterocycles. The Morgan fingerprint density at radius 3 is 2.27 bits per heavy atom. The zero-order valence-electron chi connectivity index (χ0n) is 16.8. The van der Waals surface area contributed by atoms with Crippen LogP contribution < -0.4 is 4.80 Å². The van der Waals surface area contributed by atoms with Crippen LogP contribution in [-0.4, -0.2) is 42.1 Å². The van der Waals surface area contributed by atoms with Crippen LogP contribution >= 0.6 is 11.3 Å². The van der Waals surface area contributed by atoms with E-state index in [-0.39, 0.29) is 17.3 Å². The zero-order chi connectivity index (χ0) is 21.7. The van der Waals surface area contributed by atoms with E-state index in [1.807, 2.05) is 23.8 Å². The van der Waals surface area contributed by atoms with Crippen molar-refractivity contribution in [3.63, 3.8) is 0 Å². The number of hydrogen-bond acceptors (Lipinski definition) is 5. The van der Waals surface area contributed by atoms with Gasteiger partial charge in [-0.3, -0.25) is 0 Å². The molecule has 1 N–H and O–H groups in total. The molecule has 0 saturated heterocycles. The van der Waals surface area contributed by atoms with Crippen molar-refractivity contribution >= 4 is 27.0 Å². The lowest BCUT2D eigenvalue weighted by atomic mass is 10.2. The van der Waals surface area contributed by atoms with E-state index in [1.54, 1.807) is 36.4 Å². The number of thiazole rings is 1. The molecule has 160 valence electrons. The van der Waals surface area contributed by atoms with Crippen LogP contribution in [0.4, 0.5) is 10.1 Å². The van der Waals surface area contributed by atoms with Crippen LogP contribution in [0.15, 0.2) is 63.8 Å². The summed E-state index contributed by atoms with van der Waals surface area (Å²) in [6.45, 7) is 4.70. The standard InChI is InChI=1S/C21H24FN3O3S2/c1-3-24(4-2)30(27,28)19-11-5-16(6-12-19)20-15-29-21(25(20)13-14-26)23-18-9-7-17(22)8-10-18/h5-12,15,26H,3-4,13-14H2,1-2H3. The molecule has 0 fully saturated rings. The molecular weight excluding hydrogens is 425 g/mol. The molecule has 0 atom stereocenters. The van der Waals surface area contributed by atoms with Gasteiger partial charge in [0.25, 0.3) is 0 Å². The number of benzene rings is 2. The third-order valence-corrected chi connectivity index (χ3v) is 7.59. The summed E-state index contributed by atoms with van der Waals surface area (Å²) < 4.78 is 41.8. The second kappa shape index (κ2) is 9.65. The Kier molecular flexibility index (Phi) is 7.19. The number of hydrogen-bond donors (Lipinski definition) is 1. The largest absolute Gasteiger partial charge is 0.395 e. The summed E-state index contributed by atoms with van der Waals surface area (Å²) in [5.41, 5.74) is 2.25. The van der Waals surface area contributed by atoms with E-state index in [2.05, 4.69) is 4.99 Å². The predicted octanol–water partition coefficient (Wildman–Crippen LogP) is 3.61. The Hall–Kier alpha value is -2.33. The smallest absolute Gasteiger partial charge is 0.243 e. The van der Waals surface area contributed by atoms with Crippen LogP contribution in [0.1, 0.15) is 13.8 Å². The van der Waals surface area contributed by atoms with Crippen molar-refractivity contribution in [3.8, 4) is 11.3 Å². The number of halogens is 1. The van der Waals surface area contributed by atoms with Gasteiger partial charge in [0.2, 0.25) is 10.0 Å². The summed E-state index contributed by atoms with van der Waals surface area (Å²) >= 11 is 1.40. The average Bonchev–Trinajstić information content (AvgIpc) is 3.13. The fraction of sp³-hybridized carbons (Fsp3) is 0.286. The molecule has 0 bridgehead atoms. The van der Waals surface area contributed by atoms with Gasteiger partial charge in [-0.1, -0.05) is 26.0 Å². The van der Waals surface area contributed by atoms with Crippen LogP contribution in [0.25, 0.3) is 11.3 Å². The summed E-state index contributed by atoms with van der Waals surface area (Å²) in [6.07, 6.45) is 0. The van der Waals surface area contributed by atoms with E-state index in [0.29, 0.717) is 30.1 Å². The Morgan fingerprint density at radius 1 is 1.07 bits per heavy atom. The predicted molar refractivity (Wildman–Crippen MR) is 117 cm³/mol. The highest BCUT2D eigenvalue weighted by Crippen LogP contribution is 2.24. The average molecular weight is 450 g/mol. The van der Waals surface area contributed by atoms with Gasteiger partial charge < -0.3 is 9.67 Å². The number of sulfonamides is 1. The summed E-state index contributed by atoms with van der Waals surface area (Å²) in [5, 5.41) is 11.4. The minimum Gasteiger partial charge on any atom is -0.395 e. The number of aromatic nitrogens is 1. The molecule has 2 aromatic carbocycles. The van der Waals surface area contributed by atoms with Crippen LogP contribution in [-0.2, 0) is 16.6 Å². The van der Waals surface area contributed by atoms with E-state index < -0.39 is 10.0 Å². The Labute approximate surface area is 179 Å². The summed E-state index contributed by atoms with van der Waals surface area (Å²) in [7, 11) is -3.52. The molecule has 0 spiro atoms. The number of aliphatic hydroxyl groups excluding tert-OH is 1. The molecule has 1 aromatic heterocycles. The van der Waals surface area contributed by atoms with Crippen LogP contribution in [0.3, 0.4) is 0 Å². The maximum absolute atomic E-state index is 13.1. The quantitative estimate of drug-likeness (QED) is 0.571. The Bertz CT molecular complexity index is 1150. The normalized spacial score (nSPS) is 12.6. The van der Waals surface area contributed by atoms with E-state index in [1.165, 1.54) is 27.8 Å². The van der Waals surface area contributed by atoms with Gasteiger partial charge in [0.05, 0.1) is 22.9 Å². The monoisotopic (exact) mass is 449 g/mol. The first-order chi connectivity index (χ1) is 14.4. The highest BCUT2D eigenvalue weighted by molar-refractivity contribution is 7.89. The van der Waals surface area contributed by atoms with Gasteiger partial charge in [0.15, 0.2) is 4.80 Å². The Morgan fingerprint density at radius 2 is 1.70 bits per heavy atom. The molecule has 0 amide bonds. The first-order valence-corrected chi connectivity index (χ1v) is 11.9. The van der Waals surface area contributed by atoms with Crippen molar-refractivity contribution < 1.29 is 17.9 Å². The number of nitrogens with zero attached hydrogens (tertiary/aromatic N) is 3. The van der Waals surface area contributed by atoms with E-state index in [9.17, 15) is 17.9 Å². The SMILES string of the molecule is CCN(CC)S(=O)(=O)c1ccc(-c2csc(=Nc3ccc(F)cc3)n2CCO)cc1. The fourth-order valence-electron chi connectivity index (χ4n) is 3.10. The third kappa shape index (κ3) is 4.70.